The minimum atomic E-state index is -0.0293. The maximum Gasteiger partial charge on any atom is 0.257 e. The third-order valence-corrected chi connectivity index (χ3v) is 5.33. The molecule has 154 valence electrons. The second kappa shape index (κ2) is 9.00. The second-order valence-electron chi connectivity index (χ2n) is 7.37. The predicted molar refractivity (Wildman–Crippen MR) is 115 cm³/mol. The number of carbonyl (C=O) groups is 1. The van der Waals surface area contributed by atoms with Crippen molar-refractivity contribution < 1.29 is 9.53 Å². The molecule has 4 rings (SSSR count). The SMILES string of the molecule is COc1ccc(-c2ncc(C(=O)N3CCCN(C)CC3)c(-c3ccncc3)n2)cc1. The number of likely N-dealkylation sites (N-methyl/N-ethyl adjacent to an activating group) is 1. The zero-order valence-electron chi connectivity index (χ0n) is 17.3. The lowest BCUT2D eigenvalue weighted by Gasteiger charge is -2.22. The van der Waals surface area contributed by atoms with E-state index in [1.54, 1.807) is 25.7 Å². The summed E-state index contributed by atoms with van der Waals surface area (Å²) in [5, 5.41) is 0. The summed E-state index contributed by atoms with van der Waals surface area (Å²) in [6.07, 6.45) is 6.02. The number of nitrogens with zero attached hydrogens (tertiary/aromatic N) is 5. The van der Waals surface area contributed by atoms with Crippen molar-refractivity contribution in [3.8, 4) is 28.4 Å². The first-order valence-corrected chi connectivity index (χ1v) is 10.1. The van der Waals surface area contributed by atoms with E-state index in [-0.39, 0.29) is 5.91 Å². The van der Waals surface area contributed by atoms with Crippen molar-refractivity contribution >= 4 is 5.91 Å². The summed E-state index contributed by atoms with van der Waals surface area (Å²) in [5.41, 5.74) is 2.85. The number of rotatable bonds is 4. The molecule has 3 heterocycles. The highest BCUT2D eigenvalue weighted by atomic mass is 16.5. The minimum absolute atomic E-state index is 0.0293. The molecular formula is C23H25N5O2. The van der Waals surface area contributed by atoms with Gasteiger partial charge >= 0.3 is 0 Å². The smallest absolute Gasteiger partial charge is 0.257 e. The van der Waals surface area contributed by atoms with Crippen LogP contribution in [0.25, 0.3) is 22.6 Å². The number of methoxy groups -OCH3 is 1. The molecule has 0 N–H and O–H groups in total. The molecule has 0 radical (unpaired) electrons. The Morgan fingerprint density at radius 1 is 0.967 bits per heavy atom. The van der Waals surface area contributed by atoms with Gasteiger partial charge in [0, 0.05) is 49.4 Å². The third-order valence-electron chi connectivity index (χ3n) is 5.33. The van der Waals surface area contributed by atoms with Gasteiger partial charge in [-0.25, -0.2) is 9.97 Å². The number of benzene rings is 1. The maximum absolute atomic E-state index is 13.4. The molecule has 1 aliphatic rings. The van der Waals surface area contributed by atoms with E-state index in [1.165, 1.54) is 0 Å². The van der Waals surface area contributed by atoms with Gasteiger partial charge in [-0.15, -0.1) is 0 Å². The van der Waals surface area contributed by atoms with Crippen LogP contribution in [0.2, 0.25) is 0 Å². The van der Waals surface area contributed by atoms with Crippen LogP contribution in [-0.2, 0) is 0 Å². The molecule has 1 saturated heterocycles. The van der Waals surface area contributed by atoms with Gasteiger partial charge in [0.15, 0.2) is 5.82 Å². The normalized spacial score (nSPS) is 14.9. The van der Waals surface area contributed by atoms with E-state index in [2.05, 4.69) is 21.9 Å². The average molecular weight is 403 g/mol. The number of amides is 1. The molecule has 1 amide bonds. The van der Waals surface area contributed by atoms with Gasteiger partial charge in [0.2, 0.25) is 0 Å². The predicted octanol–water partition coefficient (Wildman–Crippen LogP) is 2.99. The second-order valence-corrected chi connectivity index (χ2v) is 7.37. The van der Waals surface area contributed by atoms with Crippen molar-refractivity contribution in [1.82, 2.24) is 24.8 Å². The summed E-state index contributed by atoms with van der Waals surface area (Å²) < 4.78 is 5.23. The first-order chi connectivity index (χ1) is 14.7. The first kappa shape index (κ1) is 20.0. The van der Waals surface area contributed by atoms with E-state index in [1.807, 2.05) is 41.3 Å². The Kier molecular flexibility index (Phi) is 5.99. The number of ether oxygens (including phenoxy) is 1. The lowest BCUT2D eigenvalue weighted by Crippen LogP contribution is -2.35. The van der Waals surface area contributed by atoms with Crippen molar-refractivity contribution in [2.45, 2.75) is 6.42 Å². The van der Waals surface area contributed by atoms with E-state index < -0.39 is 0 Å². The molecule has 1 aromatic carbocycles. The molecular weight excluding hydrogens is 378 g/mol. The summed E-state index contributed by atoms with van der Waals surface area (Å²) in [7, 11) is 3.72. The standard InChI is InChI=1S/C23H25N5O2/c1-27-12-3-13-28(15-14-27)23(29)20-16-25-22(18-4-6-19(30-2)7-5-18)26-21(20)17-8-10-24-11-9-17/h4-11,16H,3,12-15H2,1-2H3. The Balaban J connectivity index is 1.73. The van der Waals surface area contributed by atoms with Crippen LogP contribution >= 0.6 is 0 Å². The summed E-state index contributed by atoms with van der Waals surface area (Å²) >= 11 is 0. The van der Waals surface area contributed by atoms with Crippen molar-refractivity contribution in [3.05, 3.63) is 60.6 Å². The molecule has 0 bridgehead atoms. The zero-order chi connectivity index (χ0) is 20.9. The number of hydrogen-bond acceptors (Lipinski definition) is 6. The lowest BCUT2D eigenvalue weighted by atomic mass is 10.1. The van der Waals surface area contributed by atoms with Crippen LogP contribution in [-0.4, -0.2) is 71.0 Å². The fourth-order valence-electron chi connectivity index (χ4n) is 3.57. The molecule has 0 aliphatic carbocycles. The topological polar surface area (TPSA) is 71.5 Å². The highest BCUT2D eigenvalue weighted by Crippen LogP contribution is 2.26. The highest BCUT2D eigenvalue weighted by molar-refractivity contribution is 6.00. The summed E-state index contributed by atoms with van der Waals surface area (Å²) in [4.78, 5) is 30.9. The molecule has 3 aromatic rings. The number of pyridine rings is 1. The van der Waals surface area contributed by atoms with Crippen molar-refractivity contribution in [1.29, 1.82) is 0 Å². The Morgan fingerprint density at radius 2 is 1.73 bits per heavy atom. The number of aromatic nitrogens is 3. The van der Waals surface area contributed by atoms with Gasteiger partial charge in [-0.2, -0.15) is 0 Å². The van der Waals surface area contributed by atoms with Crippen LogP contribution in [0, 0.1) is 0 Å². The number of hydrogen-bond donors (Lipinski definition) is 0. The van der Waals surface area contributed by atoms with E-state index in [0.29, 0.717) is 23.6 Å². The molecule has 0 atom stereocenters. The fraction of sp³-hybridized carbons (Fsp3) is 0.304. The third kappa shape index (κ3) is 4.31. The van der Waals surface area contributed by atoms with Gasteiger partial charge in [-0.1, -0.05) is 0 Å². The minimum Gasteiger partial charge on any atom is -0.497 e. The lowest BCUT2D eigenvalue weighted by molar-refractivity contribution is 0.0763. The van der Waals surface area contributed by atoms with Gasteiger partial charge in [-0.05, 0) is 56.4 Å². The van der Waals surface area contributed by atoms with Crippen LogP contribution in [0.5, 0.6) is 5.75 Å². The molecule has 2 aromatic heterocycles. The van der Waals surface area contributed by atoms with Crippen LogP contribution in [0.15, 0.2) is 55.0 Å². The fourth-order valence-corrected chi connectivity index (χ4v) is 3.57. The van der Waals surface area contributed by atoms with E-state index in [0.717, 1.165) is 42.9 Å². The largest absolute Gasteiger partial charge is 0.497 e. The van der Waals surface area contributed by atoms with E-state index in [4.69, 9.17) is 9.72 Å². The molecule has 1 fully saturated rings. The van der Waals surface area contributed by atoms with E-state index in [9.17, 15) is 4.79 Å². The molecule has 7 nitrogen and oxygen atoms in total. The van der Waals surface area contributed by atoms with Crippen molar-refractivity contribution in [3.63, 3.8) is 0 Å². The Hall–Kier alpha value is -3.32. The molecule has 1 aliphatic heterocycles. The zero-order valence-corrected chi connectivity index (χ0v) is 17.3. The summed E-state index contributed by atoms with van der Waals surface area (Å²) in [6, 6.07) is 11.3. The average Bonchev–Trinajstić information content (AvgIpc) is 3.03. The van der Waals surface area contributed by atoms with E-state index >= 15 is 0 Å². The van der Waals surface area contributed by atoms with Crippen molar-refractivity contribution in [2.75, 3.05) is 40.3 Å². The van der Waals surface area contributed by atoms with Gasteiger partial charge < -0.3 is 14.5 Å². The van der Waals surface area contributed by atoms with Gasteiger partial charge in [0.05, 0.1) is 18.4 Å². The maximum atomic E-state index is 13.4. The first-order valence-electron chi connectivity index (χ1n) is 10.1. The molecule has 7 heteroatoms. The van der Waals surface area contributed by atoms with Gasteiger partial charge in [0.1, 0.15) is 5.75 Å². The van der Waals surface area contributed by atoms with Crippen LogP contribution in [0.1, 0.15) is 16.8 Å². The van der Waals surface area contributed by atoms with Crippen molar-refractivity contribution in [2.24, 2.45) is 0 Å². The molecule has 0 saturated carbocycles. The highest BCUT2D eigenvalue weighted by Gasteiger charge is 2.23. The molecule has 0 spiro atoms. The molecule has 30 heavy (non-hydrogen) atoms. The van der Waals surface area contributed by atoms with Gasteiger partial charge in [-0.3, -0.25) is 9.78 Å². The Morgan fingerprint density at radius 3 is 2.47 bits per heavy atom. The summed E-state index contributed by atoms with van der Waals surface area (Å²) in [5.74, 6) is 1.31. The quantitative estimate of drug-likeness (QED) is 0.667. The van der Waals surface area contributed by atoms with Crippen LogP contribution in [0.4, 0.5) is 0 Å². The monoisotopic (exact) mass is 403 g/mol. The van der Waals surface area contributed by atoms with Crippen LogP contribution < -0.4 is 4.74 Å². The Bertz CT molecular complexity index is 1010. The Labute approximate surface area is 176 Å². The number of carbonyl (C=O) groups excluding carboxylic acids is 1. The summed E-state index contributed by atoms with van der Waals surface area (Å²) in [6.45, 7) is 3.29. The van der Waals surface area contributed by atoms with Crippen LogP contribution in [0.3, 0.4) is 0 Å². The van der Waals surface area contributed by atoms with Gasteiger partial charge in [0.25, 0.3) is 5.91 Å². The molecule has 0 unspecified atom stereocenters.